The molecule has 3 heterocycles. The first-order valence-electron chi connectivity index (χ1n) is 13.7. The molecule has 0 bridgehead atoms. The van der Waals surface area contributed by atoms with E-state index in [0.717, 1.165) is 12.1 Å². The number of aliphatic carboxylic acids is 1. The molecule has 2 aliphatic rings. The zero-order valence-corrected chi connectivity index (χ0v) is 24.0. The molecule has 1 saturated heterocycles. The summed E-state index contributed by atoms with van der Waals surface area (Å²) in [4.78, 5) is 33.1. The molecule has 1 saturated carbocycles. The predicted molar refractivity (Wildman–Crippen MR) is 148 cm³/mol. The van der Waals surface area contributed by atoms with Crippen LogP contribution in [0.5, 0.6) is 0 Å². The first-order valence-corrected chi connectivity index (χ1v) is 14.1. The van der Waals surface area contributed by atoms with Gasteiger partial charge in [-0.2, -0.15) is 9.61 Å². The Morgan fingerprint density at radius 2 is 1.70 bits per heavy atom. The van der Waals surface area contributed by atoms with Crippen molar-refractivity contribution in [3.63, 3.8) is 0 Å². The number of hydrogen-bond acceptors (Lipinski definition) is 5. The molecule has 4 atom stereocenters. The molecule has 40 heavy (non-hydrogen) atoms. The van der Waals surface area contributed by atoms with Crippen molar-refractivity contribution in [3.8, 4) is 11.3 Å². The quantitative estimate of drug-likeness (QED) is 0.334. The third-order valence-corrected chi connectivity index (χ3v) is 8.65. The highest BCUT2D eigenvalue weighted by molar-refractivity contribution is 6.31. The molecule has 11 heteroatoms. The van der Waals surface area contributed by atoms with E-state index < -0.39 is 22.6 Å². The minimum absolute atomic E-state index is 0.0831. The Hall–Kier alpha value is -3.27. The smallest absolute Gasteiger partial charge is 0.303 e. The minimum Gasteiger partial charge on any atom is -0.481 e. The van der Waals surface area contributed by atoms with Crippen LogP contribution >= 0.6 is 11.6 Å². The molecule has 2 aromatic heterocycles. The van der Waals surface area contributed by atoms with Crippen LogP contribution in [-0.4, -0.2) is 62.2 Å². The molecule has 1 N–H and O–H groups in total. The summed E-state index contributed by atoms with van der Waals surface area (Å²) in [6, 6.07) is 5.74. The van der Waals surface area contributed by atoms with Gasteiger partial charge in [0.2, 0.25) is 0 Å². The standard InChI is InChI=1S/C29H34ClF2N5O3/c1-14(2)11-36(16(5)15(3)4)26-10-23(17-6-21(31)28(30)22(32)7-17)33-25-9-24(34-37(25)26)29(40)35-12-19-18(8-27(38)39)20(19)13-35/h6-7,9-10,14-16,18-20H,8,11-13H2,1-5H3,(H,38,39)/t16-,18?,19+,20?/m1/s1. The maximum absolute atomic E-state index is 14.4. The maximum atomic E-state index is 14.4. The number of aromatic nitrogens is 3. The number of amides is 1. The second-order valence-corrected chi connectivity index (χ2v) is 12.3. The van der Waals surface area contributed by atoms with E-state index in [1.807, 2.05) is 0 Å². The summed E-state index contributed by atoms with van der Waals surface area (Å²) in [5, 5.41) is 13.2. The van der Waals surface area contributed by atoms with Gasteiger partial charge in [0.15, 0.2) is 11.3 Å². The van der Waals surface area contributed by atoms with E-state index >= 15 is 0 Å². The lowest BCUT2D eigenvalue weighted by atomic mass is 10.0. The van der Waals surface area contributed by atoms with E-state index in [4.69, 9.17) is 16.7 Å². The van der Waals surface area contributed by atoms with Crippen LogP contribution in [0, 0.1) is 41.2 Å². The van der Waals surface area contributed by atoms with Crippen molar-refractivity contribution in [1.29, 1.82) is 0 Å². The summed E-state index contributed by atoms with van der Waals surface area (Å²) in [7, 11) is 0. The number of hydrogen-bond donors (Lipinski definition) is 1. The highest BCUT2D eigenvalue weighted by Gasteiger charge is 2.57. The van der Waals surface area contributed by atoms with Gasteiger partial charge in [-0.05, 0) is 48.6 Å². The van der Waals surface area contributed by atoms with E-state index in [1.54, 1.807) is 21.5 Å². The Bertz CT molecular complexity index is 1440. The van der Waals surface area contributed by atoms with Gasteiger partial charge in [-0.1, -0.05) is 39.3 Å². The summed E-state index contributed by atoms with van der Waals surface area (Å²) < 4.78 is 30.4. The average Bonchev–Trinajstić information content (AvgIpc) is 3.24. The maximum Gasteiger partial charge on any atom is 0.303 e. The SMILES string of the molecule is CC(C)CN(c1cc(-c2cc(F)c(Cl)c(F)c2)nc2cc(C(=O)N3CC4C(CC(=O)O)[C@@H]4C3)nn12)[C@H](C)C(C)C. The number of carbonyl (C=O) groups is 2. The predicted octanol–water partition coefficient (Wildman–Crippen LogP) is 5.63. The van der Waals surface area contributed by atoms with Gasteiger partial charge in [0.1, 0.15) is 22.5 Å². The lowest BCUT2D eigenvalue weighted by Crippen LogP contribution is -2.40. The van der Waals surface area contributed by atoms with Gasteiger partial charge < -0.3 is 14.9 Å². The third kappa shape index (κ3) is 5.25. The number of carbonyl (C=O) groups excluding carboxylic acids is 1. The van der Waals surface area contributed by atoms with Gasteiger partial charge in [-0.15, -0.1) is 0 Å². The molecule has 2 fully saturated rings. The number of likely N-dealkylation sites (tertiary alicyclic amines) is 1. The molecule has 3 aromatic rings. The highest BCUT2D eigenvalue weighted by atomic mass is 35.5. The van der Waals surface area contributed by atoms with Gasteiger partial charge in [-0.25, -0.2) is 13.8 Å². The summed E-state index contributed by atoms with van der Waals surface area (Å²) >= 11 is 5.73. The Kier molecular flexibility index (Phi) is 7.50. The lowest BCUT2D eigenvalue weighted by molar-refractivity contribution is -0.137. The molecule has 0 radical (unpaired) electrons. The number of anilines is 1. The molecule has 1 amide bonds. The fourth-order valence-corrected chi connectivity index (χ4v) is 5.93. The molecule has 5 rings (SSSR count). The van der Waals surface area contributed by atoms with Crippen LogP contribution in [0.1, 0.15) is 51.5 Å². The Morgan fingerprint density at radius 3 is 2.25 bits per heavy atom. The number of carboxylic acid groups (broad SMARTS) is 1. The van der Waals surface area contributed by atoms with E-state index in [2.05, 4.69) is 49.6 Å². The second-order valence-electron chi connectivity index (χ2n) is 11.9. The fourth-order valence-electron chi connectivity index (χ4n) is 5.82. The molecular weight excluding hydrogens is 540 g/mol. The van der Waals surface area contributed by atoms with E-state index in [1.165, 1.54) is 0 Å². The molecule has 214 valence electrons. The number of fused-ring (bicyclic) bond motifs is 2. The van der Waals surface area contributed by atoms with Gasteiger partial charge in [-0.3, -0.25) is 9.59 Å². The van der Waals surface area contributed by atoms with Gasteiger partial charge in [0, 0.05) is 49.8 Å². The van der Waals surface area contributed by atoms with Crippen LogP contribution in [0.3, 0.4) is 0 Å². The summed E-state index contributed by atoms with van der Waals surface area (Å²) in [6.45, 7) is 12.3. The van der Waals surface area contributed by atoms with Crippen molar-refractivity contribution >= 4 is 34.9 Å². The number of rotatable bonds is 9. The normalized spacial score (nSPS) is 20.9. The summed E-state index contributed by atoms with van der Waals surface area (Å²) in [5.74, 6) is -1.03. The number of benzene rings is 1. The van der Waals surface area contributed by atoms with Crippen molar-refractivity contribution in [3.05, 3.63) is 46.6 Å². The summed E-state index contributed by atoms with van der Waals surface area (Å²) in [5.41, 5.74) is 1.16. The summed E-state index contributed by atoms with van der Waals surface area (Å²) in [6.07, 6.45) is 0.132. The molecule has 2 unspecified atom stereocenters. The van der Waals surface area contributed by atoms with Crippen molar-refractivity contribution in [2.24, 2.45) is 29.6 Å². The Morgan fingerprint density at radius 1 is 1.07 bits per heavy atom. The van der Waals surface area contributed by atoms with Crippen LogP contribution in [0.25, 0.3) is 16.9 Å². The molecule has 1 aromatic carbocycles. The zero-order valence-electron chi connectivity index (χ0n) is 23.2. The minimum atomic E-state index is -0.882. The van der Waals surface area contributed by atoms with Gasteiger partial charge in [0.05, 0.1) is 5.69 Å². The van der Waals surface area contributed by atoms with Crippen LogP contribution < -0.4 is 4.90 Å². The topological polar surface area (TPSA) is 91.0 Å². The van der Waals surface area contributed by atoms with Gasteiger partial charge >= 0.3 is 5.97 Å². The molecule has 0 spiro atoms. The van der Waals surface area contributed by atoms with Crippen LogP contribution in [0.4, 0.5) is 14.6 Å². The molecular formula is C29H34ClF2N5O3. The number of carboxylic acids is 1. The number of halogens is 3. The van der Waals surface area contributed by atoms with E-state index in [0.29, 0.717) is 42.7 Å². The fraction of sp³-hybridized carbons (Fsp3) is 0.517. The van der Waals surface area contributed by atoms with Gasteiger partial charge in [0.25, 0.3) is 5.91 Å². The Labute approximate surface area is 236 Å². The van der Waals surface area contributed by atoms with E-state index in [-0.39, 0.29) is 53.3 Å². The lowest BCUT2D eigenvalue weighted by Gasteiger charge is -2.35. The molecule has 1 aliphatic heterocycles. The monoisotopic (exact) mass is 573 g/mol. The third-order valence-electron chi connectivity index (χ3n) is 8.29. The first-order chi connectivity index (χ1) is 18.8. The number of nitrogens with zero attached hydrogens (tertiary/aromatic N) is 5. The van der Waals surface area contributed by atoms with Crippen molar-refractivity contribution in [2.75, 3.05) is 24.5 Å². The number of piperidine rings is 1. The largest absolute Gasteiger partial charge is 0.481 e. The first kappa shape index (κ1) is 28.3. The Balaban J connectivity index is 1.56. The highest BCUT2D eigenvalue weighted by Crippen LogP contribution is 2.53. The molecule has 8 nitrogen and oxygen atoms in total. The average molecular weight is 574 g/mol. The van der Waals surface area contributed by atoms with Crippen molar-refractivity contribution in [2.45, 2.75) is 47.1 Å². The van der Waals surface area contributed by atoms with Crippen LogP contribution in [0.15, 0.2) is 24.3 Å². The van der Waals surface area contributed by atoms with E-state index in [9.17, 15) is 18.4 Å². The van der Waals surface area contributed by atoms with Crippen LogP contribution in [-0.2, 0) is 4.79 Å². The van der Waals surface area contributed by atoms with Crippen molar-refractivity contribution < 1.29 is 23.5 Å². The molecule has 1 aliphatic carbocycles. The second kappa shape index (κ2) is 10.6. The van der Waals surface area contributed by atoms with Crippen molar-refractivity contribution in [1.82, 2.24) is 19.5 Å². The van der Waals surface area contributed by atoms with Crippen LogP contribution in [0.2, 0.25) is 5.02 Å². The zero-order chi connectivity index (χ0) is 29.0.